The molecule has 102 valence electrons. The van der Waals surface area contributed by atoms with Crippen LogP contribution < -0.4 is 0 Å². The fourth-order valence-corrected chi connectivity index (χ4v) is 5.36. The Morgan fingerprint density at radius 2 is 1.85 bits per heavy atom. The van der Waals surface area contributed by atoms with E-state index in [9.17, 15) is 5.26 Å². The molecule has 1 aromatic heterocycles. The van der Waals surface area contributed by atoms with Crippen molar-refractivity contribution >= 4 is 5.57 Å². The largest absolute Gasteiger partial charge is 0.264 e. The molecule has 4 bridgehead atoms. The smallest absolute Gasteiger partial charge is 0.0995 e. The van der Waals surface area contributed by atoms with Crippen molar-refractivity contribution in [3.8, 4) is 6.07 Å². The molecule has 0 spiro atoms. The van der Waals surface area contributed by atoms with E-state index in [4.69, 9.17) is 0 Å². The van der Waals surface area contributed by atoms with Crippen molar-refractivity contribution < 1.29 is 0 Å². The van der Waals surface area contributed by atoms with Crippen LogP contribution in [0.1, 0.15) is 44.1 Å². The molecule has 4 aliphatic carbocycles. The molecule has 20 heavy (non-hydrogen) atoms. The summed E-state index contributed by atoms with van der Waals surface area (Å²) in [5.74, 6) is 2.77. The molecular formula is C18H20N2. The molecule has 4 aliphatic rings. The van der Waals surface area contributed by atoms with Crippen molar-refractivity contribution in [2.24, 2.45) is 23.2 Å². The summed E-state index contributed by atoms with van der Waals surface area (Å²) < 4.78 is 0. The summed E-state index contributed by atoms with van der Waals surface area (Å²) in [5.41, 5.74) is 2.13. The van der Waals surface area contributed by atoms with Gasteiger partial charge in [-0.25, -0.2) is 0 Å². The Hall–Kier alpha value is -1.62. The Morgan fingerprint density at radius 3 is 2.35 bits per heavy atom. The van der Waals surface area contributed by atoms with Gasteiger partial charge in [0.15, 0.2) is 0 Å². The van der Waals surface area contributed by atoms with Crippen LogP contribution in [-0.2, 0) is 0 Å². The highest BCUT2D eigenvalue weighted by molar-refractivity contribution is 5.76. The van der Waals surface area contributed by atoms with Gasteiger partial charge in [0, 0.05) is 18.0 Å². The standard InChI is InChI=1S/C18H20N2/c19-11-17(16-2-1-3-20-12-16)10-18-7-13-4-14(8-18)6-15(5-13)9-18/h1-3,10,12-15H,4-9H2/b17-10-. The molecule has 0 radical (unpaired) electrons. The molecule has 1 heterocycles. The van der Waals surface area contributed by atoms with E-state index in [2.05, 4.69) is 17.1 Å². The van der Waals surface area contributed by atoms with Crippen LogP contribution in [0.2, 0.25) is 0 Å². The molecule has 1 aromatic rings. The molecule has 0 N–H and O–H groups in total. The third-order valence-electron chi connectivity index (χ3n) is 5.63. The number of rotatable bonds is 2. The topological polar surface area (TPSA) is 36.7 Å². The Kier molecular flexibility index (Phi) is 2.70. The van der Waals surface area contributed by atoms with Gasteiger partial charge in [-0.2, -0.15) is 5.26 Å². The normalized spacial score (nSPS) is 38.8. The van der Waals surface area contributed by atoms with Crippen molar-refractivity contribution in [1.82, 2.24) is 4.98 Å². The second-order valence-electron chi connectivity index (χ2n) is 7.19. The summed E-state index contributed by atoms with van der Waals surface area (Å²) in [6.45, 7) is 0. The van der Waals surface area contributed by atoms with E-state index in [0.29, 0.717) is 5.41 Å². The SMILES string of the molecule is N#C/C(=C/C12CC3CC(CC(C3)C1)C2)c1cccnc1. The van der Waals surface area contributed by atoms with E-state index < -0.39 is 0 Å². The maximum atomic E-state index is 9.54. The molecule has 4 saturated carbocycles. The van der Waals surface area contributed by atoms with Gasteiger partial charge in [0.1, 0.15) is 0 Å². The number of hydrogen-bond donors (Lipinski definition) is 0. The van der Waals surface area contributed by atoms with Gasteiger partial charge >= 0.3 is 0 Å². The predicted octanol–water partition coefficient (Wildman–Crippen LogP) is 4.20. The number of aromatic nitrogens is 1. The van der Waals surface area contributed by atoms with Crippen molar-refractivity contribution in [3.05, 3.63) is 36.2 Å². The number of allylic oxidation sites excluding steroid dienone is 2. The van der Waals surface area contributed by atoms with Crippen molar-refractivity contribution in [2.45, 2.75) is 38.5 Å². The third-order valence-corrected chi connectivity index (χ3v) is 5.63. The molecule has 2 nitrogen and oxygen atoms in total. The second kappa shape index (κ2) is 4.45. The quantitative estimate of drug-likeness (QED) is 0.750. The average molecular weight is 264 g/mol. The molecule has 2 heteroatoms. The first-order valence-corrected chi connectivity index (χ1v) is 7.80. The lowest BCUT2D eigenvalue weighted by Crippen LogP contribution is -2.45. The minimum absolute atomic E-state index is 0.315. The second-order valence-corrected chi connectivity index (χ2v) is 7.19. The van der Waals surface area contributed by atoms with Crippen LogP contribution in [0.3, 0.4) is 0 Å². The molecule has 0 amide bonds. The van der Waals surface area contributed by atoms with Crippen LogP contribution in [0.25, 0.3) is 5.57 Å². The summed E-state index contributed by atoms with van der Waals surface area (Å²) >= 11 is 0. The zero-order chi connectivity index (χ0) is 13.6. The van der Waals surface area contributed by atoms with Crippen molar-refractivity contribution in [1.29, 1.82) is 5.26 Å². The molecule has 0 aromatic carbocycles. The van der Waals surface area contributed by atoms with Gasteiger partial charge in [-0.1, -0.05) is 12.1 Å². The van der Waals surface area contributed by atoms with Gasteiger partial charge in [-0.15, -0.1) is 0 Å². The molecule has 5 rings (SSSR count). The summed E-state index contributed by atoms with van der Waals surface area (Å²) in [5, 5.41) is 9.54. The zero-order valence-corrected chi connectivity index (χ0v) is 11.8. The van der Waals surface area contributed by atoms with Crippen molar-refractivity contribution in [3.63, 3.8) is 0 Å². The first-order chi connectivity index (χ1) is 9.76. The van der Waals surface area contributed by atoms with Crippen LogP contribution in [0.4, 0.5) is 0 Å². The molecule has 0 atom stereocenters. The Balaban J connectivity index is 1.70. The molecular weight excluding hydrogens is 244 g/mol. The maximum absolute atomic E-state index is 9.54. The minimum atomic E-state index is 0.315. The zero-order valence-electron chi connectivity index (χ0n) is 11.8. The average Bonchev–Trinajstić information content (AvgIpc) is 2.44. The highest BCUT2D eigenvalue weighted by Crippen LogP contribution is 2.61. The summed E-state index contributed by atoms with van der Waals surface area (Å²) in [7, 11) is 0. The van der Waals surface area contributed by atoms with E-state index >= 15 is 0 Å². The Morgan fingerprint density at radius 1 is 1.20 bits per heavy atom. The molecule has 0 saturated heterocycles. The van der Waals surface area contributed by atoms with Crippen molar-refractivity contribution in [2.75, 3.05) is 0 Å². The lowest BCUT2D eigenvalue weighted by molar-refractivity contribution is -0.0234. The number of hydrogen-bond acceptors (Lipinski definition) is 2. The number of nitriles is 1. The molecule has 4 fully saturated rings. The van der Waals surface area contributed by atoms with Gasteiger partial charge in [-0.3, -0.25) is 4.98 Å². The lowest BCUT2D eigenvalue weighted by atomic mass is 9.49. The van der Waals surface area contributed by atoms with E-state index in [1.807, 2.05) is 18.3 Å². The lowest BCUT2D eigenvalue weighted by Gasteiger charge is -2.56. The van der Waals surface area contributed by atoms with Crippen LogP contribution in [0.15, 0.2) is 30.6 Å². The highest BCUT2D eigenvalue weighted by atomic mass is 14.6. The van der Waals surface area contributed by atoms with Gasteiger partial charge in [0.25, 0.3) is 0 Å². The van der Waals surface area contributed by atoms with E-state index in [-0.39, 0.29) is 0 Å². The highest BCUT2D eigenvalue weighted by Gasteiger charge is 2.49. The molecule has 0 unspecified atom stereocenters. The van der Waals surface area contributed by atoms with Crippen LogP contribution in [0, 0.1) is 34.5 Å². The Labute approximate surface area is 120 Å². The van der Waals surface area contributed by atoms with Crippen LogP contribution in [-0.4, -0.2) is 4.98 Å². The monoisotopic (exact) mass is 264 g/mol. The minimum Gasteiger partial charge on any atom is -0.264 e. The van der Waals surface area contributed by atoms with E-state index in [1.165, 1.54) is 38.5 Å². The third kappa shape index (κ3) is 1.97. The van der Waals surface area contributed by atoms with E-state index in [0.717, 1.165) is 28.9 Å². The summed E-state index contributed by atoms with van der Waals surface area (Å²) in [6.07, 6.45) is 14.2. The fraction of sp³-hybridized carbons (Fsp3) is 0.556. The van der Waals surface area contributed by atoms with Gasteiger partial charge in [0.2, 0.25) is 0 Å². The predicted molar refractivity (Wildman–Crippen MR) is 78.4 cm³/mol. The summed E-state index contributed by atoms with van der Waals surface area (Å²) in [6, 6.07) is 6.33. The van der Waals surface area contributed by atoms with Crippen LogP contribution in [0.5, 0.6) is 0 Å². The maximum Gasteiger partial charge on any atom is 0.0995 e. The first-order valence-electron chi connectivity index (χ1n) is 7.80. The van der Waals surface area contributed by atoms with Gasteiger partial charge in [0.05, 0.1) is 11.6 Å². The summed E-state index contributed by atoms with van der Waals surface area (Å²) in [4.78, 5) is 4.16. The Bertz CT molecular complexity index is 544. The first kappa shape index (κ1) is 12.1. The van der Waals surface area contributed by atoms with Gasteiger partial charge < -0.3 is 0 Å². The fourth-order valence-electron chi connectivity index (χ4n) is 5.36. The van der Waals surface area contributed by atoms with Crippen LogP contribution >= 0.6 is 0 Å². The van der Waals surface area contributed by atoms with E-state index in [1.54, 1.807) is 6.20 Å². The number of nitrogens with zero attached hydrogens (tertiary/aromatic N) is 2. The van der Waals surface area contributed by atoms with Gasteiger partial charge in [-0.05, 0) is 67.8 Å². The number of pyridine rings is 1. The molecule has 0 aliphatic heterocycles.